The van der Waals surface area contributed by atoms with E-state index in [4.69, 9.17) is 37.0 Å². The van der Waals surface area contributed by atoms with Gasteiger partial charge in [-0.2, -0.15) is 0 Å². The third-order valence-corrected chi connectivity index (χ3v) is 18.4. The molecule has 17 nitrogen and oxygen atoms in total. The van der Waals surface area contributed by atoms with Crippen LogP contribution in [0.1, 0.15) is 369 Å². The number of aliphatic hydroxyl groups excluding tert-OH is 1. The summed E-state index contributed by atoms with van der Waals surface area (Å²) in [5.41, 5.74) is 0. The van der Waals surface area contributed by atoms with E-state index in [-0.39, 0.29) is 25.7 Å². The third-order valence-electron chi connectivity index (χ3n) is 16.5. The maximum absolute atomic E-state index is 13.0. The zero-order valence-electron chi connectivity index (χ0n) is 58.3. The Balaban J connectivity index is 5.25. The number of unbranched alkanes of at least 4 members (excludes halogenated alkanes) is 43. The summed E-state index contributed by atoms with van der Waals surface area (Å²) in [5, 5.41) is 10.6. The number of phosphoric acid groups is 2. The molecule has 0 amide bonds. The van der Waals surface area contributed by atoms with Gasteiger partial charge in [-0.1, -0.05) is 317 Å². The quantitative estimate of drug-likeness (QED) is 0.0222. The molecule has 0 aromatic carbocycles. The van der Waals surface area contributed by atoms with Gasteiger partial charge < -0.3 is 33.8 Å². The molecule has 90 heavy (non-hydrogen) atoms. The standard InChI is InChI=1S/C71H138O17P2/c1-6-9-12-15-18-21-24-26-30-35-40-45-50-55-69(74)82-61-67(88-71(76)57-52-47-42-37-32-28-29-33-38-43-48-53-64(4)5)63-86-90(79,80)84-59-65(72)58-83-89(77,78)85-62-66(60-81-68(73)54-49-44-39-34-23-20-17-14-11-8-3)87-70(75)56-51-46-41-36-31-27-25-22-19-16-13-10-7-2/h64-67,72H,6-63H2,1-5H3,(H,77,78)(H,79,80)/t65-,66+,67+/m0/s1. The molecule has 19 heteroatoms. The van der Waals surface area contributed by atoms with Gasteiger partial charge in [-0.25, -0.2) is 9.13 Å². The lowest BCUT2D eigenvalue weighted by atomic mass is 10.0. The minimum Gasteiger partial charge on any atom is -0.462 e. The molecule has 0 aromatic heterocycles. The van der Waals surface area contributed by atoms with Gasteiger partial charge in [0, 0.05) is 25.7 Å². The van der Waals surface area contributed by atoms with Crippen LogP contribution in [0.3, 0.4) is 0 Å². The predicted molar refractivity (Wildman–Crippen MR) is 363 cm³/mol. The minimum absolute atomic E-state index is 0.107. The summed E-state index contributed by atoms with van der Waals surface area (Å²) in [5.74, 6) is -1.35. The van der Waals surface area contributed by atoms with Crippen LogP contribution in [0.4, 0.5) is 0 Å². The van der Waals surface area contributed by atoms with Crippen LogP contribution in [0.15, 0.2) is 0 Å². The molecule has 0 saturated heterocycles. The Kier molecular flexibility index (Phi) is 63.0. The first kappa shape index (κ1) is 88.1. The number of carbonyl (C=O) groups is 4. The number of aliphatic hydroxyl groups is 1. The smallest absolute Gasteiger partial charge is 0.462 e. The molecule has 0 rings (SSSR count). The zero-order chi connectivity index (χ0) is 66.3. The van der Waals surface area contributed by atoms with Crippen LogP contribution in [0, 0.1) is 5.92 Å². The molecule has 0 fully saturated rings. The second-order valence-corrected chi connectivity index (χ2v) is 29.0. The fraction of sp³-hybridized carbons (Fsp3) is 0.944. The van der Waals surface area contributed by atoms with Crippen LogP contribution in [0.5, 0.6) is 0 Å². The van der Waals surface area contributed by atoms with E-state index in [0.29, 0.717) is 25.7 Å². The van der Waals surface area contributed by atoms with E-state index >= 15 is 0 Å². The normalized spacial score (nSPS) is 14.1. The highest BCUT2D eigenvalue weighted by Crippen LogP contribution is 2.45. The molecular weight excluding hydrogens is 1190 g/mol. The summed E-state index contributed by atoms with van der Waals surface area (Å²) in [4.78, 5) is 72.6. The lowest BCUT2D eigenvalue weighted by Gasteiger charge is -2.21. The van der Waals surface area contributed by atoms with E-state index in [1.807, 2.05) is 0 Å². The predicted octanol–water partition coefficient (Wildman–Crippen LogP) is 20.5. The molecule has 0 spiro atoms. The van der Waals surface area contributed by atoms with Crippen LogP contribution < -0.4 is 0 Å². The van der Waals surface area contributed by atoms with Crippen molar-refractivity contribution in [3.05, 3.63) is 0 Å². The van der Waals surface area contributed by atoms with Crippen LogP contribution in [0.2, 0.25) is 0 Å². The maximum Gasteiger partial charge on any atom is 0.472 e. The first-order valence-corrected chi connectivity index (χ1v) is 40.1. The number of esters is 4. The molecule has 3 N–H and O–H groups in total. The zero-order valence-corrected chi connectivity index (χ0v) is 60.1. The second kappa shape index (κ2) is 64.4. The molecule has 534 valence electrons. The molecule has 0 radical (unpaired) electrons. The van der Waals surface area contributed by atoms with Crippen molar-refractivity contribution in [3.63, 3.8) is 0 Å². The van der Waals surface area contributed by atoms with Crippen molar-refractivity contribution in [2.75, 3.05) is 39.6 Å². The van der Waals surface area contributed by atoms with E-state index < -0.39 is 97.5 Å². The van der Waals surface area contributed by atoms with Gasteiger partial charge in [0.1, 0.15) is 19.3 Å². The van der Waals surface area contributed by atoms with Crippen molar-refractivity contribution in [1.29, 1.82) is 0 Å². The number of hydrogen-bond acceptors (Lipinski definition) is 15. The van der Waals surface area contributed by atoms with Gasteiger partial charge in [-0.15, -0.1) is 0 Å². The first-order chi connectivity index (χ1) is 43.5. The van der Waals surface area contributed by atoms with Gasteiger partial charge >= 0.3 is 39.5 Å². The maximum atomic E-state index is 13.0. The lowest BCUT2D eigenvalue weighted by molar-refractivity contribution is -0.161. The van der Waals surface area contributed by atoms with Crippen molar-refractivity contribution in [1.82, 2.24) is 0 Å². The van der Waals surface area contributed by atoms with E-state index in [0.717, 1.165) is 95.8 Å². The molecule has 0 heterocycles. The summed E-state index contributed by atoms with van der Waals surface area (Å²) in [6.45, 7) is 7.26. The number of phosphoric ester groups is 2. The van der Waals surface area contributed by atoms with Crippen molar-refractivity contribution >= 4 is 39.5 Å². The lowest BCUT2D eigenvalue weighted by Crippen LogP contribution is -2.30. The van der Waals surface area contributed by atoms with E-state index in [9.17, 15) is 43.2 Å². The van der Waals surface area contributed by atoms with Gasteiger partial charge in [-0.3, -0.25) is 37.3 Å². The Morgan fingerprint density at radius 2 is 0.511 bits per heavy atom. The first-order valence-electron chi connectivity index (χ1n) is 37.1. The number of ether oxygens (including phenoxy) is 4. The van der Waals surface area contributed by atoms with Crippen molar-refractivity contribution in [3.8, 4) is 0 Å². The SMILES string of the molecule is CCCCCCCCCCCCCCCC(=O)OC[C@H](COP(=O)(O)OC[C@@H](O)COP(=O)(O)OC[C@@H](COC(=O)CCCCCCCCCCCC)OC(=O)CCCCCCCCCCCCCCC)OC(=O)CCCCCCCCCCCCCC(C)C. The van der Waals surface area contributed by atoms with Gasteiger partial charge in [0.25, 0.3) is 0 Å². The third kappa shape index (κ3) is 64.8. The summed E-state index contributed by atoms with van der Waals surface area (Å²) in [7, 11) is -9.90. The Bertz CT molecular complexity index is 1740. The molecule has 0 aliphatic heterocycles. The van der Waals surface area contributed by atoms with Crippen molar-refractivity contribution in [2.24, 2.45) is 5.92 Å². The Labute approximate surface area is 549 Å². The second-order valence-electron chi connectivity index (χ2n) is 26.1. The summed E-state index contributed by atoms with van der Waals surface area (Å²) >= 11 is 0. The highest BCUT2D eigenvalue weighted by Gasteiger charge is 2.30. The fourth-order valence-corrected chi connectivity index (χ4v) is 12.4. The fourth-order valence-electron chi connectivity index (χ4n) is 10.8. The van der Waals surface area contributed by atoms with Crippen LogP contribution in [-0.2, 0) is 65.4 Å². The molecule has 0 bridgehead atoms. The summed E-state index contributed by atoms with van der Waals surface area (Å²) in [6, 6.07) is 0. The van der Waals surface area contributed by atoms with Crippen molar-refractivity contribution in [2.45, 2.75) is 387 Å². The molecule has 2 unspecified atom stereocenters. The number of rotatable bonds is 71. The monoisotopic (exact) mass is 1320 g/mol. The Hall–Kier alpha value is -1.94. The molecule has 5 atom stereocenters. The van der Waals surface area contributed by atoms with Gasteiger partial charge in [0.2, 0.25) is 0 Å². The minimum atomic E-state index is -4.95. The largest absolute Gasteiger partial charge is 0.472 e. The summed E-state index contributed by atoms with van der Waals surface area (Å²) < 4.78 is 68.3. The molecular formula is C71H138O17P2. The number of hydrogen-bond donors (Lipinski definition) is 3. The summed E-state index contributed by atoms with van der Waals surface area (Å²) in [6.07, 6.45) is 51.1. The van der Waals surface area contributed by atoms with E-state index in [1.165, 1.54) is 193 Å². The van der Waals surface area contributed by atoms with E-state index in [2.05, 4.69) is 34.6 Å². The molecule has 0 aliphatic carbocycles. The highest BCUT2D eigenvalue weighted by molar-refractivity contribution is 7.47. The van der Waals surface area contributed by atoms with Gasteiger partial charge in [0.15, 0.2) is 12.2 Å². The molecule has 0 aliphatic rings. The topological polar surface area (TPSA) is 237 Å². The van der Waals surface area contributed by atoms with Crippen LogP contribution in [-0.4, -0.2) is 96.7 Å². The average molecular weight is 1330 g/mol. The highest BCUT2D eigenvalue weighted by atomic mass is 31.2. The number of carbonyl (C=O) groups excluding carboxylic acids is 4. The average Bonchev–Trinajstić information content (AvgIpc) is 3.69. The van der Waals surface area contributed by atoms with Crippen LogP contribution >= 0.6 is 15.6 Å². The van der Waals surface area contributed by atoms with Crippen LogP contribution in [0.25, 0.3) is 0 Å². The van der Waals surface area contributed by atoms with E-state index in [1.54, 1.807) is 0 Å². The van der Waals surface area contributed by atoms with Crippen molar-refractivity contribution < 1.29 is 80.2 Å². The van der Waals surface area contributed by atoms with Gasteiger partial charge in [0.05, 0.1) is 26.4 Å². The van der Waals surface area contributed by atoms with Gasteiger partial charge in [-0.05, 0) is 31.6 Å². The molecule has 0 aromatic rings. The Morgan fingerprint density at radius 3 is 0.756 bits per heavy atom. The molecule has 0 saturated carbocycles. The Morgan fingerprint density at radius 1 is 0.300 bits per heavy atom.